The van der Waals surface area contributed by atoms with Crippen LogP contribution < -0.4 is 0 Å². The molecular formula is C9H12O2S2. The molecule has 0 bridgehead atoms. The number of carboxylic acids is 1. The van der Waals surface area contributed by atoms with Crippen LogP contribution in [-0.2, 0) is 0 Å². The van der Waals surface area contributed by atoms with Gasteiger partial charge in [-0.1, -0.05) is 13.8 Å². The molecule has 1 atom stereocenters. The Hall–Kier alpha value is -0.480. The zero-order valence-corrected chi connectivity index (χ0v) is 9.24. The molecule has 0 spiro atoms. The lowest BCUT2D eigenvalue weighted by Crippen LogP contribution is -1.92. The molecule has 0 aliphatic carbocycles. The summed E-state index contributed by atoms with van der Waals surface area (Å²) < 4.78 is 0. The second-order valence-electron chi connectivity index (χ2n) is 2.79. The third-order valence-corrected chi connectivity index (χ3v) is 4.01. The topological polar surface area (TPSA) is 37.3 Å². The predicted octanol–water partition coefficient (Wildman–Crippen LogP) is 3.34. The molecule has 0 aliphatic rings. The Kier molecular flexibility index (Phi) is 3.81. The predicted molar refractivity (Wildman–Crippen MR) is 56.9 cm³/mol. The van der Waals surface area contributed by atoms with Crippen LogP contribution in [0.1, 0.15) is 29.9 Å². The Balaban J connectivity index is 2.64. The van der Waals surface area contributed by atoms with E-state index in [2.05, 4.69) is 13.8 Å². The van der Waals surface area contributed by atoms with E-state index >= 15 is 0 Å². The molecule has 0 saturated carbocycles. The van der Waals surface area contributed by atoms with Crippen LogP contribution >= 0.6 is 23.1 Å². The lowest BCUT2D eigenvalue weighted by atomic mass is 10.4. The van der Waals surface area contributed by atoms with E-state index in [0.29, 0.717) is 10.1 Å². The maximum absolute atomic E-state index is 10.6. The monoisotopic (exact) mass is 216 g/mol. The lowest BCUT2D eigenvalue weighted by molar-refractivity contribution is 0.0702. The molecule has 0 aliphatic heterocycles. The number of rotatable bonds is 4. The van der Waals surface area contributed by atoms with Crippen molar-refractivity contribution in [1.82, 2.24) is 0 Å². The van der Waals surface area contributed by atoms with E-state index in [9.17, 15) is 4.79 Å². The van der Waals surface area contributed by atoms with Crippen molar-refractivity contribution in [3.8, 4) is 0 Å². The van der Waals surface area contributed by atoms with E-state index in [1.54, 1.807) is 17.8 Å². The van der Waals surface area contributed by atoms with Crippen molar-refractivity contribution in [1.29, 1.82) is 0 Å². The van der Waals surface area contributed by atoms with Gasteiger partial charge in [0.2, 0.25) is 0 Å². The van der Waals surface area contributed by atoms with Gasteiger partial charge < -0.3 is 5.11 Å². The summed E-state index contributed by atoms with van der Waals surface area (Å²) in [6, 6.07) is 1.74. The molecule has 1 rings (SSSR count). The molecule has 1 N–H and O–H groups in total. The quantitative estimate of drug-likeness (QED) is 0.784. The highest BCUT2D eigenvalue weighted by atomic mass is 32.2. The van der Waals surface area contributed by atoms with Crippen molar-refractivity contribution in [3.05, 3.63) is 16.3 Å². The molecule has 1 unspecified atom stereocenters. The highest BCUT2D eigenvalue weighted by molar-refractivity contribution is 8.00. The molecule has 1 aromatic heterocycles. The number of thioether (sulfide) groups is 1. The fourth-order valence-electron chi connectivity index (χ4n) is 0.808. The summed E-state index contributed by atoms with van der Waals surface area (Å²) in [5.41, 5.74) is 0. The van der Waals surface area contributed by atoms with Crippen LogP contribution in [0.25, 0.3) is 0 Å². The van der Waals surface area contributed by atoms with Gasteiger partial charge in [0.1, 0.15) is 4.88 Å². The van der Waals surface area contributed by atoms with E-state index in [0.717, 1.165) is 11.3 Å². The third kappa shape index (κ3) is 3.04. The van der Waals surface area contributed by atoms with E-state index in [4.69, 9.17) is 5.11 Å². The minimum atomic E-state index is -0.832. The van der Waals surface area contributed by atoms with Crippen molar-refractivity contribution in [2.75, 3.05) is 0 Å². The minimum Gasteiger partial charge on any atom is -0.477 e. The van der Waals surface area contributed by atoms with Gasteiger partial charge in [0.25, 0.3) is 0 Å². The van der Waals surface area contributed by atoms with Crippen LogP contribution in [0.5, 0.6) is 0 Å². The molecule has 0 radical (unpaired) electrons. The van der Waals surface area contributed by atoms with E-state index in [1.807, 2.05) is 5.38 Å². The summed E-state index contributed by atoms with van der Waals surface area (Å²) in [5.74, 6) is -0.832. The van der Waals surface area contributed by atoms with E-state index < -0.39 is 5.97 Å². The summed E-state index contributed by atoms with van der Waals surface area (Å²) in [4.78, 5) is 12.1. The average Bonchev–Trinajstić information content (AvgIpc) is 2.52. The zero-order valence-electron chi connectivity index (χ0n) is 7.61. The third-order valence-electron chi connectivity index (χ3n) is 1.70. The first-order valence-corrected chi connectivity index (χ1v) is 5.88. The SMILES string of the molecule is CCC(C)Sc1csc(C(=O)O)c1. The maximum atomic E-state index is 10.6. The Morgan fingerprint density at radius 3 is 2.92 bits per heavy atom. The first-order valence-electron chi connectivity index (χ1n) is 4.12. The van der Waals surface area contributed by atoms with Gasteiger partial charge in [-0.2, -0.15) is 0 Å². The van der Waals surface area contributed by atoms with Gasteiger partial charge in [-0.25, -0.2) is 4.79 Å². The van der Waals surface area contributed by atoms with Gasteiger partial charge in [0, 0.05) is 15.5 Å². The molecule has 13 heavy (non-hydrogen) atoms. The fraction of sp³-hybridized carbons (Fsp3) is 0.444. The average molecular weight is 216 g/mol. The molecule has 72 valence electrons. The molecule has 0 amide bonds. The van der Waals surface area contributed by atoms with Crippen LogP contribution in [0.4, 0.5) is 0 Å². The molecule has 0 saturated heterocycles. The van der Waals surface area contributed by atoms with Gasteiger partial charge in [0.15, 0.2) is 0 Å². The standard InChI is InChI=1S/C9H12O2S2/c1-3-6(2)13-7-4-8(9(10)11)12-5-7/h4-6H,3H2,1-2H3,(H,10,11). The Morgan fingerprint density at radius 2 is 2.46 bits per heavy atom. The largest absolute Gasteiger partial charge is 0.477 e. The highest BCUT2D eigenvalue weighted by Gasteiger charge is 2.08. The van der Waals surface area contributed by atoms with E-state index in [-0.39, 0.29) is 0 Å². The first-order chi connectivity index (χ1) is 6.13. The van der Waals surface area contributed by atoms with Crippen LogP contribution in [0.3, 0.4) is 0 Å². The van der Waals surface area contributed by atoms with Gasteiger partial charge in [-0.05, 0) is 12.5 Å². The summed E-state index contributed by atoms with van der Waals surface area (Å²) >= 11 is 3.02. The van der Waals surface area contributed by atoms with Crippen molar-refractivity contribution >= 4 is 29.1 Å². The van der Waals surface area contributed by atoms with Crippen LogP contribution in [0.2, 0.25) is 0 Å². The number of carbonyl (C=O) groups is 1. The molecule has 1 heterocycles. The second kappa shape index (κ2) is 4.67. The van der Waals surface area contributed by atoms with Crippen molar-refractivity contribution < 1.29 is 9.90 Å². The summed E-state index contributed by atoms with van der Waals surface area (Å²) in [6.07, 6.45) is 1.10. The molecule has 1 aromatic rings. The summed E-state index contributed by atoms with van der Waals surface area (Å²) in [6.45, 7) is 4.27. The van der Waals surface area contributed by atoms with Crippen molar-refractivity contribution in [3.63, 3.8) is 0 Å². The number of aromatic carboxylic acids is 1. The Morgan fingerprint density at radius 1 is 1.77 bits per heavy atom. The molecule has 0 fully saturated rings. The van der Waals surface area contributed by atoms with Gasteiger partial charge in [0.05, 0.1) is 0 Å². The summed E-state index contributed by atoms with van der Waals surface area (Å²) in [7, 11) is 0. The van der Waals surface area contributed by atoms with Crippen LogP contribution in [0, 0.1) is 0 Å². The minimum absolute atomic E-state index is 0.422. The highest BCUT2D eigenvalue weighted by Crippen LogP contribution is 2.29. The van der Waals surface area contributed by atoms with Crippen LogP contribution in [-0.4, -0.2) is 16.3 Å². The Labute approximate surface area is 86.0 Å². The lowest BCUT2D eigenvalue weighted by Gasteiger charge is -2.04. The number of thiophene rings is 1. The molecule has 2 nitrogen and oxygen atoms in total. The van der Waals surface area contributed by atoms with Gasteiger partial charge in [-0.15, -0.1) is 23.1 Å². The zero-order chi connectivity index (χ0) is 9.84. The van der Waals surface area contributed by atoms with Gasteiger partial charge >= 0.3 is 5.97 Å². The molecular weight excluding hydrogens is 204 g/mol. The van der Waals surface area contributed by atoms with E-state index in [1.165, 1.54) is 11.3 Å². The molecule has 0 aromatic carbocycles. The van der Waals surface area contributed by atoms with Crippen molar-refractivity contribution in [2.45, 2.75) is 30.4 Å². The van der Waals surface area contributed by atoms with Crippen molar-refractivity contribution in [2.24, 2.45) is 0 Å². The first kappa shape index (κ1) is 10.6. The fourth-order valence-corrected chi connectivity index (χ4v) is 2.67. The second-order valence-corrected chi connectivity index (χ2v) is 5.21. The molecule has 4 heteroatoms. The maximum Gasteiger partial charge on any atom is 0.345 e. The van der Waals surface area contributed by atoms with Gasteiger partial charge in [-0.3, -0.25) is 0 Å². The number of carboxylic acid groups (broad SMARTS) is 1. The number of hydrogen-bond donors (Lipinski definition) is 1. The normalized spacial score (nSPS) is 12.8. The number of hydrogen-bond acceptors (Lipinski definition) is 3. The Bertz CT molecular complexity index is 294. The summed E-state index contributed by atoms with van der Waals surface area (Å²) in [5, 5.41) is 11.1. The van der Waals surface area contributed by atoms with Crippen LogP contribution in [0.15, 0.2) is 16.3 Å². The smallest absolute Gasteiger partial charge is 0.345 e.